The molecule has 0 aliphatic carbocycles. The number of hydrogen-bond donors (Lipinski definition) is 1. The number of aliphatic hydroxyl groups excluding tert-OH is 1. The fourth-order valence-electron chi connectivity index (χ4n) is 8.74. The van der Waals surface area contributed by atoms with E-state index >= 15 is 0 Å². The average molecular weight is 907 g/mol. The molecular weight excluding hydrogens is 799 g/mol. The molecule has 1 aliphatic rings. The summed E-state index contributed by atoms with van der Waals surface area (Å²) in [4.78, 5) is 15.9. The first-order valence-electron chi connectivity index (χ1n) is 27.4. The van der Waals surface area contributed by atoms with Crippen LogP contribution in [0.25, 0.3) is 0 Å². The van der Waals surface area contributed by atoms with Crippen molar-refractivity contribution in [1.82, 2.24) is 4.90 Å². The Hall–Kier alpha value is -1.03. The van der Waals surface area contributed by atoms with Gasteiger partial charge in [0, 0.05) is 25.7 Å². The Labute approximate surface area is 393 Å². The van der Waals surface area contributed by atoms with Gasteiger partial charge >= 0.3 is 14.5 Å². The number of rotatable bonds is 47. The third-order valence-electron chi connectivity index (χ3n) is 13.0. The summed E-state index contributed by atoms with van der Waals surface area (Å²) in [5, 5.41) is 9.61. The molecule has 0 saturated carbocycles. The quantitative estimate of drug-likeness (QED) is 0.0214. The van der Waals surface area contributed by atoms with Gasteiger partial charge in [0.25, 0.3) is 0 Å². The number of allylic oxidation sites excluding steroid dienone is 4. The Balaban J connectivity index is 2.40. The molecule has 0 amide bonds. The van der Waals surface area contributed by atoms with Gasteiger partial charge in [-0.05, 0) is 130 Å². The van der Waals surface area contributed by atoms with Crippen molar-refractivity contribution in [1.29, 1.82) is 0 Å². The topological polar surface area (TPSA) is 77.5 Å². The fraction of sp³-hybridized carbons (Fsp3) is 0.909. The van der Waals surface area contributed by atoms with Crippen LogP contribution in [0.1, 0.15) is 252 Å². The van der Waals surface area contributed by atoms with Crippen molar-refractivity contribution >= 4 is 14.5 Å². The first kappa shape index (κ1) is 60.0. The van der Waals surface area contributed by atoms with Crippen LogP contribution < -0.4 is 0 Å². The highest BCUT2D eigenvalue weighted by atomic mass is 28.4. The monoisotopic (exact) mass is 906 g/mol. The highest BCUT2D eigenvalue weighted by molar-refractivity contribution is 6.64. The van der Waals surface area contributed by atoms with Gasteiger partial charge in [0.05, 0.1) is 18.6 Å². The van der Waals surface area contributed by atoms with E-state index in [2.05, 4.69) is 56.1 Å². The minimum absolute atomic E-state index is 0.163. The first-order chi connectivity index (χ1) is 30.6. The molecular formula is C55H107NO6Si. The predicted octanol–water partition coefficient (Wildman–Crippen LogP) is 16.1. The zero-order chi connectivity index (χ0) is 46.0. The van der Waals surface area contributed by atoms with Gasteiger partial charge in [-0.25, -0.2) is 0 Å². The number of unbranched alkanes of at least 4 members (excludes halogenated alkanes) is 27. The second-order valence-electron chi connectivity index (χ2n) is 20.2. The molecule has 0 aromatic carbocycles. The van der Waals surface area contributed by atoms with Crippen LogP contribution in [-0.4, -0.2) is 76.4 Å². The predicted molar refractivity (Wildman–Crippen MR) is 273 cm³/mol. The second kappa shape index (κ2) is 42.3. The summed E-state index contributed by atoms with van der Waals surface area (Å²) >= 11 is 0. The van der Waals surface area contributed by atoms with Crippen molar-refractivity contribution < 1.29 is 28.2 Å². The van der Waals surface area contributed by atoms with E-state index in [-0.39, 0.29) is 12.6 Å². The van der Waals surface area contributed by atoms with Crippen molar-refractivity contribution in [3.05, 3.63) is 24.3 Å². The Kier molecular flexibility index (Phi) is 40.3. The molecule has 0 bridgehead atoms. The number of hydrogen-bond acceptors (Lipinski definition) is 7. The molecule has 8 heteroatoms. The summed E-state index contributed by atoms with van der Waals surface area (Å²) in [5.74, 6) is -0.163. The van der Waals surface area contributed by atoms with Gasteiger partial charge in [0.2, 0.25) is 0 Å². The average Bonchev–Trinajstić information content (AvgIpc) is 3.72. The Morgan fingerprint density at radius 1 is 0.619 bits per heavy atom. The molecule has 0 aromatic heterocycles. The van der Waals surface area contributed by atoms with Gasteiger partial charge in [-0.15, -0.1) is 0 Å². The molecule has 0 radical (unpaired) electrons. The van der Waals surface area contributed by atoms with Crippen molar-refractivity contribution in [2.45, 2.75) is 278 Å². The van der Waals surface area contributed by atoms with Crippen LogP contribution in [0.5, 0.6) is 0 Å². The van der Waals surface area contributed by atoms with Gasteiger partial charge < -0.3 is 23.4 Å². The fourth-order valence-corrected chi connectivity index (χ4v) is 10.2. The number of ether oxygens (including phenoxy) is 2. The van der Waals surface area contributed by atoms with Gasteiger partial charge in [0.1, 0.15) is 0 Å². The zero-order valence-corrected chi connectivity index (χ0v) is 43.9. The number of likely N-dealkylation sites (tertiary alicyclic amines) is 1. The Morgan fingerprint density at radius 2 is 1.05 bits per heavy atom. The number of carbonyl (C=O) groups is 1. The standard InChI is InChI=1S/C55H107NO6Si/c1-7-9-11-13-15-17-19-21-23-25-27-29-31-33-36-40-47-59-53(62-63(5,6)61-49-42-38-35-39-45-56-46-43-44-52(56)51-57)50-55(3,4)54(58)60-48-41-37-34-32-30-28-26-24-22-20-18-16-14-12-10-8-2/h21-24,52-53,57H,7-20,25-51H2,1-6H3/b23-21-,24-22-. The van der Waals surface area contributed by atoms with Crippen LogP contribution >= 0.6 is 0 Å². The highest BCUT2D eigenvalue weighted by Crippen LogP contribution is 2.29. The van der Waals surface area contributed by atoms with E-state index in [4.69, 9.17) is 18.3 Å². The normalized spacial score (nSPS) is 15.7. The molecule has 63 heavy (non-hydrogen) atoms. The lowest BCUT2D eigenvalue weighted by Crippen LogP contribution is -2.43. The molecule has 1 fully saturated rings. The zero-order valence-electron chi connectivity index (χ0n) is 42.9. The first-order valence-corrected chi connectivity index (χ1v) is 30.2. The third kappa shape index (κ3) is 36.7. The molecule has 1 heterocycles. The largest absolute Gasteiger partial charge is 0.465 e. The highest BCUT2D eigenvalue weighted by Gasteiger charge is 2.37. The summed E-state index contributed by atoms with van der Waals surface area (Å²) in [7, 11) is -2.51. The molecule has 1 saturated heterocycles. The maximum absolute atomic E-state index is 13.4. The summed E-state index contributed by atoms with van der Waals surface area (Å²) in [6, 6.07) is 0.364. The van der Waals surface area contributed by atoms with E-state index in [1.165, 1.54) is 173 Å². The van der Waals surface area contributed by atoms with Crippen molar-refractivity contribution in [3.8, 4) is 0 Å². The van der Waals surface area contributed by atoms with Crippen molar-refractivity contribution in [2.24, 2.45) is 5.41 Å². The smallest absolute Gasteiger partial charge is 0.333 e. The molecule has 1 rings (SSSR count). The summed E-state index contributed by atoms with van der Waals surface area (Å²) in [6.45, 7) is 17.0. The maximum atomic E-state index is 13.4. The maximum Gasteiger partial charge on any atom is 0.333 e. The molecule has 0 spiro atoms. The van der Waals surface area contributed by atoms with E-state index in [9.17, 15) is 9.90 Å². The molecule has 0 aromatic rings. The molecule has 2 atom stereocenters. The van der Waals surface area contributed by atoms with Crippen LogP contribution in [0.3, 0.4) is 0 Å². The lowest BCUT2D eigenvalue weighted by molar-refractivity contribution is -0.164. The molecule has 7 nitrogen and oxygen atoms in total. The van der Waals surface area contributed by atoms with Crippen molar-refractivity contribution in [3.63, 3.8) is 0 Å². The van der Waals surface area contributed by atoms with Crippen LogP contribution in [-0.2, 0) is 23.1 Å². The second-order valence-corrected chi connectivity index (χ2v) is 23.5. The number of esters is 1. The van der Waals surface area contributed by atoms with Crippen molar-refractivity contribution in [2.75, 3.05) is 39.5 Å². The molecule has 1 aliphatic heterocycles. The van der Waals surface area contributed by atoms with Gasteiger partial charge in [-0.2, -0.15) is 0 Å². The summed E-state index contributed by atoms with van der Waals surface area (Å²) in [6.07, 6.45) is 52.0. The van der Waals surface area contributed by atoms with Crippen LogP contribution in [0, 0.1) is 5.41 Å². The molecule has 2 unspecified atom stereocenters. The number of carbonyl (C=O) groups excluding carboxylic acids is 1. The minimum Gasteiger partial charge on any atom is -0.465 e. The van der Waals surface area contributed by atoms with Crippen LogP contribution in [0.4, 0.5) is 0 Å². The third-order valence-corrected chi connectivity index (χ3v) is 14.7. The number of nitrogens with zero attached hydrogens (tertiary/aromatic N) is 1. The van der Waals surface area contributed by atoms with E-state index in [1.807, 2.05) is 13.8 Å². The van der Waals surface area contributed by atoms with E-state index < -0.39 is 20.3 Å². The SMILES string of the molecule is CCCCCCCC/C=C\CCCCCCCCOC(=O)C(C)(C)CC(OCCCCCCCC/C=C\CCCCCCCC)O[Si](C)(C)OCCCCCCN1CCCC1CO. The summed E-state index contributed by atoms with van der Waals surface area (Å²) in [5.41, 5.74) is -0.717. The molecule has 1 N–H and O–H groups in total. The van der Waals surface area contributed by atoms with Crippen LogP contribution in [0.15, 0.2) is 24.3 Å². The van der Waals surface area contributed by atoms with Gasteiger partial charge in [-0.3, -0.25) is 9.69 Å². The minimum atomic E-state index is -2.51. The van der Waals surface area contributed by atoms with Gasteiger partial charge in [0.15, 0.2) is 6.29 Å². The van der Waals surface area contributed by atoms with E-state index in [0.29, 0.717) is 32.3 Å². The molecule has 372 valence electrons. The van der Waals surface area contributed by atoms with E-state index in [1.54, 1.807) is 0 Å². The Morgan fingerprint density at radius 3 is 1.54 bits per heavy atom. The van der Waals surface area contributed by atoms with Gasteiger partial charge in [-0.1, -0.05) is 167 Å². The number of aliphatic hydroxyl groups is 1. The lowest BCUT2D eigenvalue weighted by Gasteiger charge is -2.33. The van der Waals surface area contributed by atoms with Crippen LogP contribution in [0.2, 0.25) is 13.1 Å². The summed E-state index contributed by atoms with van der Waals surface area (Å²) < 4.78 is 25.4. The lowest BCUT2D eigenvalue weighted by atomic mass is 9.89. The Bertz CT molecular complexity index is 1070. The van der Waals surface area contributed by atoms with E-state index in [0.717, 1.165) is 58.0 Å².